The lowest BCUT2D eigenvalue weighted by Crippen LogP contribution is -2.03. The molecule has 1 atom stereocenters. The molecule has 102 valence electrons. The van der Waals surface area contributed by atoms with Gasteiger partial charge in [-0.2, -0.15) is 5.10 Å². The van der Waals surface area contributed by atoms with Gasteiger partial charge in [0, 0.05) is 6.07 Å². The van der Waals surface area contributed by atoms with Crippen molar-refractivity contribution in [3.05, 3.63) is 42.1 Å². The second-order valence-electron chi connectivity index (χ2n) is 3.67. The van der Waals surface area contributed by atoms with E-state index >= 15 is 0 Å². The van der Waals surface area contributed by atoms with E-state index in [4.69, 9.17) is 4.52 Å². The molecule has 2 rings (SSSR count). The molecule has 0 amide bonds. The van der Waals surface area contributed by atoms with Gasteiger partial charge in [-0.1, -0.05) is 18.2 Å². The quantitative estimate of drug-likeness (QED) is 0.515. The van der Waals surface area contributed by atoms with E-state index in [1.165, 1.54) is 10.7 Å². The zero-order valence-corrected chi connectivity index (χ0v) is 11.3. The van der Waals surface area contributed by atoms with Crippen molar-refractivity contribution >= 4 is 7.82 Å². The third-order valence-electron chi connectivity index (χ3n) is 2.18. The molecule has 0 saturated heterocycles. The van der Waals surface area contributed by atoms with E-state index < -0.39 is 7.82 Å². The Balaban J connectivity index is 2.35. The van der Waals surface area contributed by atoms with E-state index in [2.05, 4.69) is 14.7 Å². The lowest BCUT2D eigenvalue weighted by Gasteiger charge is -2.11. The van der Waals surface area contributed by atoms with Crippen molar-refractivity contribution in [2.75, 3.05) is 7.11 Å². The number of phosphoric ester groups is 1. The molecule has 0 spiro atoms. The molecule has 0 radical (unpaired) electrons. The average Bonchev–Trinajstić information content (AvgIpc) is 2.70. The van der Waals surface area contributed by atoms with Crippen LogP contribution in [0.4, 0.5) is 0 Å². The van der Waals surface area contributed by atoms with Crippen LogP contribution in [0, 0.1) is 6.92 Å². The molecule has 1 unspecified atom stereocenters. The first-order chi connectivity index (χ1) is 9.02. The fraction of sp³-hybridized carbons (Fsp3) is 0.182. The van der Waals surface area contributed by atoms with Crippen molar-refractivity contribution in [2.24, 2.45) is 0 Å². The minimum atomic E-state index is -4.33. The summed E-state index contributed by atoms with van der Waals surface area (Å²) >= 11 is 0. The van der Waals surface area contributed by atoms with E-state index in [0.29, 0.717) is 11.4 Å². The molecule has 7 nitrogen and oxygen atoms in total. The largest absolute Gasteiger partial charge is 0.556 e. The molecule has 0 bridgehead atoms. The highest BCUT2D eigenvalue weighted by Crippen LogP contribution is 2.44. The first-order valence-corrected chi connectivity index (χ1v) is 6.88. The van der Waals surface area contributed by atoms with Gasteiger partial charge in [0.1, 0.15) is 0 Å². The maximum atomic E-state index is 11.5. The molecular formula is C11H13N2O5P. The van der Waals surface area contributed by atoms with Crippen molar-refractivity contribution < 1.29 is 23.5 Å². The number of aryl methyl sites for hydroxylation is 1. The van der Waals surface area contributed by atoms with E-state index in [-0.39, 0.29) is 5.88 Å². The van der Waals surface area contributed by atoms with Crippen LogP contribution in [-0.4, -0.2) is 21.8 Å². The number of benzene rings is 1. The Kier molecular flexibility index (Phi) is 4.01. The Labute approximate surface area is 109 Å². The first kappa shape index (κ1) is 13.8. The Morgan fingerprint density at radius 3 is 2.63 bits per heavy atom. The second-order valence-corrected chi connectivity index (χ2v) is 4.94. The normalized spacial score (nSPS) is 14.1. The van der Waals surface area contributed by atoms with Gasteiger partial charge in [0.15, 0.2) is 0 Å². The molecule has 1 aromatic carbocycles. The van der Waals surface area contributed by atoms with Gasteiger partial charge < -0.3 is 4.52 Å². The van der Waals surface area contributed by atoms with Gasteiger partial charge in [0.05, 0.1) is 18.5 Å². The van der Waals surface area contributed by atoms with Crippen LogP contribution in [-0.2, 0) is 14.1 Å². The predicted octanol–water partition coefficient (Wildman–Crippen LogP) is 2.24. The Morgan fingerprint density at radius 2 is 2.00 bits per heavy atom. The van der Waals surface area contributed by atoms with E-state index in [0.717, 1.165) is 7.11 Å². The van der Waals surface area contributed by atoms with Gasteiger partial charge in [-0.05, 0) is 19.1 Å². The average molecular weight is 284 g/mol. The summed E-state index contributed by atoms with van der Waals surface area (Å²) in [4.78, 5) is 13.6. The van der Waals surface area contributed by atoms with Crippen molar-refractivity contribution in [3.63, 3.8) is 0 Å². The van der Waals surface area contributed by atoms with Gasteiger partial charge in [0.25, 0.3) is 0 Å². The number of rotatable bonds is 5. The molecular weight excluding hydrogens is 271 g/mol. The van der Waals surface area contributed by atoms with E-state index in [1.54, 1.807) is 19.1 Å². The molecule has 0 saturated carbocycles. The lowest BCUT2D eigenvalue weighted by molar-refractivity contribution is -0.194. The van der Waals surface area contributed by atoms with Crippen LogP contribution in [0.3, 0.4) is 0 Å². The Bertz CT molecular complexity index is 598. The Hall–Kier alpha value is -1.66. The monoisotopic (exact) mass is 284 g/mol. The van der Waals surface area contributed by atoms with Crippen LogP contribution in [0.1, 0.15) is 5.69 Å². The number of nitrogens with zero attached hydrogens (tertiary/aromatic N) is 2. The van der Waals surface area contributed by atoms with Crippen molar-refractivity contribution in [1.82, 2.24) is 9.78 Å². The molecule has 0 aliphatic carbocycles. The van der Waals surface area contributed by atoms with Crippen molar-refractivity contribution in [3.8, 4) is 11.6 Å². The Morgan fingerprint density at radius 1 is 1.32 bits per heavy atom. The third kappa shape index (κ3) is 3.42. The molecule has 1 N–H and O–H groups in total. The van der Waals surface area contributed by atoms with Crippen LogP contribution < -0.4 is 4.52 Å². The number of phosphoric acid groups is 1. The number of aromatic nitrogens is 2. The van der Waals surface area contributed by atoms with Crippen LogP contribution >= 0.6 is 7.82 Å². The van der Waals surface area contributed by atoms with Gasteiger partial charge >= 0.3 is 7.82 Å². The molecule has 8 heteroatoms. The SMILES string of the molecule is COOP(=O)(O)Oc1cc(C)nn1-c1ccccc1. The summed E-state index contributed by atoms with van der Waals surface area (Å²) in [5, 5.41) is 4.19. The third-order valence-corrected chi connectivity index (χ3v) is 2.93. The molecule has 2 aromatic rings. The van der Waals surface area contributed by atoms with Gasteiger partial charge in [0.2, 0.25) is 5.88 Å². The molecule has 0 aliphatic heterocycles. The summed E-state index contributed by atoms with van der Waals surface area (Å²) in [7, 11) is -3.21. The van der Waals surface area contributed by atoms with Crippen LogP contribution in [0.15, 0.2) is 36.4 Å². The fourth-order valence-corrected chi connectivity index (χ4v) is 2.11. The van der Waals surface area contributed by atoms with Gasteiger partial charge in [-0.25, -0.2) is 14.1 Å². The minimum Gasteiger partial charge on any atom is -0.384 e. The van der Waals surface area contributed by atoms with Crippen molar-refractivity contribution in [1.29, 1.82) is 0 Å². The second kappa shape index (κ2) is 5.54. The molecule has 1 heterocycles. The highest BCUT2D eigenvalue weighted by molar-refractivity contribution is 7.47. The number of hydrogen-bond donors (Lipinski definition) is 1. The highest BCUT2D eigenvalue weighted by Gasteiger charge is 2.26. The summed E-state index contributed by atoms with van der Waals surface area (Å²) in [5.74, 6) is 0.0894. The fourth-order valence-electron chi connectivity index (χ4n) is 1.52. The number of para-hydroxylation sites is 1. The van der Waals surface area contributed by atoms with Crippen LogP contribution in [0.2, 0.25) is 0 Å². The maximum Gasteiger partial charge on any atom is 0.556 e. The standard InChI is InChI=1S/C11H13N2O5P/c1-9-8-11(17-19(14,15)18-16-2)13(12-9)10-6-4-3-5-7-10/h3-8H,1-2H3,(H,14,15). The van der Waals surface area contributed by atoms with Crippen molar-refractivity contribution in [2.45, 2.75) is 6.92 Å². The molecule has 0 fully saturated rings. The van der Waals surface area contributed by atoms with E-state index in [1.807, 2.05) is 18.2 Å². The summed E-state index contributed by atoms with van der Waals surface area (Å²) in [6.45, 7) is 1.74. The predicted molar refractivity (Wildman–Crippen MR) is 66.8 cm³/mol. The molecule has 19 heavy (non-hydrogen) atoms. The van der Waals surface area contributed by atoms with Crippen LogP contribution in [0.25, 0.3) is 5.69 Å². The summed E-state index contributed by atoms with van der Waals surface area (Å²) in [6.07, 6.45) is 0. The number of hydrogen-bond acceptors (Lipinski definition) is 5. The molecule has 0 aliphatic rings. The lowest BCUT2D eigenvalue weighted by atomic mass is 10.3. The maximum absolute atomic E-state index is 11.5. The van der Waals surface area contributed by atoms with E-state index in [9.17, 15) is 9.46 Å². The minimum absolute atomic E-state index is 0.0894. The summed E-state index contributed by atoms with van der Waals surface area (Å²) in [6, 6.07) is 10.6. The van der Waals surface area contributed by atoms with Gasteiger partial charge in [-0.15, -0.1) is 4.67 Å². The zero-order valence-electron chi connectivity index (χ0n) is 10.4. The van der Waals surface area contributed by atoms with Crippen LogP contribution in [0.5, 0.6) is 5.88 Å². The smallest absolute Gasteiger partial charge is 0.384 e. The summed E-state index contributed by atoms with van der Waals surface area (Å²) in [5.41, 5.74) is 1.33. The van der Waals surface area contributed by atoms with Gasteiger partial charge in [-0.3, -0.25) is 4.89 Å². The first-order valence-electron chi connectivity index (χ1n) is 5.39. The zero-order chi connectivity index (χ0) is 13.9. The summed E-state index contributed by atoms with van der Waals surface area (Å²) < 4.78 is 22.0. The highest BCUT2D eigenvalue weighted by atomic mass is 31.2. The topological polar surface area (TPSA) is 82.8 Å². The molecule has 1 aromatic heterocycles.